The van der Waals surface area contributed by atoms with Crippen molar-refractivity contribution in [2.24, 2.45) is 11.3 Å². The third kappa shape index (κ3) is 7.16. The quantitative estimate of drug-likeness (QED) is 0.777. The maximum absolute atomic E-state index is 12.5. The molecule has 0 aromatic carbocycles. The van der Waals surface area contributed by atoms with Gasteiger partial charge in [0.15, 0.2) is 0 Å². The molecule has 2 nitrogen and oxygen atoms in total. The molecule has 1 aliphatic heterocycles. The highest BCUT2D eigenvalue weighted by atomic mass is 19.4. The molecule has 0 aliphatic carbocycles. The van der Waals surface area contributed by atoms with E-state index in [1.165, 1.54) is 0 Å². The van der Waals surface area contributed by atoms with Crippen LogP contribution >= 0.6 is 0 Å². The van der Waals surface area contributed by atoms with Crippen molar-refractivity contribution in [1.82, 2.24) is 10.2 Å². The highest BCUT2D eigenvalue weighted by Gasteiger charge is 2.40. The van der Waals surface area contributed by atoms with Gasteiger partial charge in [0.2, 0.25) is 0 Å². The lowest BCUT2D eigenvalue weighted by Crippen LogP contribution is -2.41. The minimum absolute atomic E-state index is 0.255. The average Bonchev–Trinajstić information content (AvgIpc) is 2.26. The zero-order valence-electron chi connectivity index (χ0n) is 12.3. The summed E-state index contributed by atoms with van der Waals surface area (Å²) in [5.74, 6) is -1.09. The Morgan fingerprint density at radius 3 is 2.11 bits per heavy atom. The van der Waals surface area contributed by atoms with Gasteiger partial charge in [-0.15, -0.1) is 0 Å². The molecule has 1 aliphatic rings. The van der Waals surface area contributed by atoms with Crippen LogP contribution in [-0.2, 0) is 0 Å². The maximum atomic E-state index is 12.5. The van der Waals surface area contributed by atoms with E-state index in [1.54, 1.807) is 0 Å². The lowest BCUT2D eigenvalue weighted by atomic mass is 9.92. The first-order valence-electron chi connectivity index (χ1n) is 7.18. The second-order valence-electron chi connectivity index (χ2n) is 6.72. The summed E-state index contributed by atoms with van der Waals surface area (Å²) >= 11 is 0. The standard InChI is InChI=1S/C14H27F3N2/c1-13(2,3)6-7-18-8-11-19-9-4-12(5-10-19)14(15,16)17/h12,18H,4-11H2,1-3H3. The second-order valence-corrected chi connectivity index (χ2v) is 6.72. The molecule has 0 unspecified atom stereocenters. The van der Waals surface area contributed by atoms with E-state index in [9.17, 15) is 13.2 Å². The fourth-order valence-electron chi connectivity index (χ4n) is 2.31. The van der Waals surface area contributed by atoms with Gasteiger partial charge in [0.25, 0.3) is 0 Å². The van der Waals surface area contributed by atoms with Gasteiger partial charge in [-0.1, -0.05) is 20.8 Å². The summed E-state index contributed by atoms with van der Waals surface area (Å²) in [6.45, 7) is 10.5. The molecule has 114 valence electrons. The molecule has 1 rings (SSSR count). The number of nitrogens with zero attached hydrogens (tertiary/aromatic N) is 1. The topological polar surface area (TPSA) is 15.3 Å². The first kappa shape index (κ1) is 16.8. The number of likely N-dealkylation sites (tertiary alicyclic amines) is 1. The predicted octanol–water partition coefficient (Wildman–Crippen LogP) is 3.29. The highest BCUT2D eigenvalue weighted by molar-refractivity contribution is 4.77. The van der Waals surface area contributed by atoms with Gasteiger partial charge in [-0.3, -0.25) is 0 Å². The van der Waals surface area contributed by atoms with Crippen molar-refractivity contribution in [2.75, 3.05) is 32.7 Å². The first-order chi connectivity index (χ1) is 8.68. The maximum Gasteiger partial charge on any atom is 0.391 e. The molecule has 0 atom stereocenters. The van der Waals surface area contributed by atoms with Crippen molar-refractivity contribution in [3.8, 4) is 0 Å². The molecule has 1 saturated heterocycles. The lowest BCUT2D eigenvalue weighted by molar-refractivity contribution is -0.184. The summed E-state index contributed by atoms with van der Waals surface area (Å²) in [4.78, 5) is 2.13. The Labute approximate surface area is 114 Å². The van der Waals surface area contributed by atoms with Gasteiger partial charge in [0.1, 0.15) is 0 Å². The summed E-state index contributed by atoms with van der Waals surface area (Å²) in [7, 11) is 0. The molecule has 5 heteroatoms. The monoisotopic (exact) mass is 280 g/mol. The number of rotatable bonds is 5. The Balaban J connectivity index is 2.07. The molecule has 19 heavy (non-hydrogen) atoms. The third-order valence-electron chi connectivity index (χ3n) is 3.71. The SMILES string of the molecule is CC(C)(C)CCNCCN1CCC(C(F)(F)F)CC1. The van der Waals surface area contributed by atoms with Crippen LogP contribution in [0.25, 0.3) is 0 Å². The van der Waals surface area contributed by atoms with E-state index in [2.05, 4.69) is 31.0 Å². The van der Waals surface area contributed by atoms with E-state index in [0.717, 1.165) is 26.1 Å². The number of alkyl halides is 3. The molecule has 0 amide bonds. The van der Waals surface area contributed by atoms with Crippen LogP contribution in [0.3, 0.4) is 0 Å². The van der Waals surface area contributed by atoms with Crippen molar-refractivity contribution in [3.63, 3.8) is 0 Å². The molecule has 1 heterocycles. The normalized spacial score (nSPS) is 19.9. The molecule has 0 spiro atoms. The number of hydrogen-bond donors (Lipinski definition) is 1. The molecular formula is C14H27F3N2. The zero-order valence-corrected chi connectivity index (χ0v) is 12.3. The Morgan fingerprint density at radius 1 is 1.05 bits per heavy atom. The Hall–Kier alpha value is -0.290. The Kier molecular flexibility index (Phi) is 6.12. The van der Waals surface area contributed by atoms with E-state index in [4.69, 9.17) is 0 Å². The number of piperidine rings is 1. The van der Waals surface area contributed by atoms with E-state index >= 15 is 0 Å². The molecule has 1 N–H and O–H groups in total. The summed E-state index contributed by atoms with van der Waals surface area (Å²) in [6.07, 6.45) is -2.38. The summed E-state index contributed by atoms with van der Waals surface area (Å²) in [6, 6.07) is 0. The minimum atomic E-state index is -4.00. The number of halogens is 3. The van der Waals surface area contributed by atoms with Crippen molar-refractivity contribution < 1.29 is 13.2 Å². The molecule has 0 aromatic rings. The van der Waals surface area contributed by atoms with Crippen molar-refractivity contribution in [3.05, 3.63) is 0 Å². The molecule has 0 saturated carbocycles. The van der Waals surface area contributed by atoms with Gasteiger partial charge in [0, 0.05) is 13.1 Å². The summed E-state index contributed by atoms with van der Waals surface area (Å²) < 4.78 is 37.5. The Bertz CT molecular complexity index is 250. The van der Waals surface area contributed by atoms with E-state index in [-0.39, 0.29) is 12.8 Å². The largest absolute Gasteiger partial charge is 0.391 e. The van der Waals surface area contributed by atoms with Crippen LogP contribution in [0.5, 0.6) is 0 Å². The van der Waals surface area contributed by atoms with Gasteiger partial charge in [0.05, 0.1) is 5.92 Å². The van der Waals surface area contributed by atoms with Crippen LogP contribution in [0.2, 0.25) is 0 Å². The lowest BCUT2D eigenvalue weighted by Gasteiger charge is -2.32. The third-order valence-corrected chi connectivity index (χ3v) is 3.71. The van der Waals surface area contributed by atoms with Crippen molar-refractivity contribution in [2.45, 2.75) is 46.2 Å². The van der Waals surface area contributed by atoms with E-state index in [1.807, 2.05) is 0 Å². The van der Waals surface area contributed by atoms with Gasteiger partial charge >= 0.3 is 6.18 Å². The highest BCUT2D eigenvalue weighted by Crippen LogP contribution is 2.33. The van der Waals surface area contributed by atoms with Crippen LogP contribution in [-0.4, -0.2) is 43.8 Å². The summed E-state index contributed by atoms with van der Waals surface area (Å²) in [5.41, 5.74) is 0.331. The Morgan fingerprint density at radius 2 is 1.63 bits per heavy atom. The molecular weight excluding hydrogens is 253 g/mol. The smallest absolute Gasteiger partial charge is 0.315 e. The van der Waals surface area contributed by atoms with Crippen LogP contribution in [0.15, 0.2) is 0 Å². The van der Waals surface area contributed by atoms with Crippen LogP contribution in [0, 0.1) is 11.3 Å². The van der Waals surface area contributed by atoms with Crippen molar-refractivity contribution >= 4 is 0 Å². The van der Waals surface area contributed by atoms with Crippen LogP contribution in [0.4, 0.5) is 13.2 Å². The minimum Gasteiger partial charge on any atom is -0.315 e. The van der Waals surface area contributed by atoms with Crippen LogP contribution in [0.1, 0.15) is 40.0 Å². The first-order valence-corrected chi connectivity index (χ1v) is 7.18. The fourth-order valence-corrected chi connectivity index (χ4v) is 2.31. The zero-order chi connectivity index (χ0) is 14.5. The van der Waals surface area contributed by atoms with E-state index < -0.39 is 12.1 Å². The van der Waals surface area contributed by atoms with Gasteiger partial charge in [-0.2, -0.15) is 13.2 Å². The van der Waals surface area contributed by atoms with Gasteiger partial charge in [-0.05, 0) is 44.3 Å². The predicted molar refractivity (Wildman–Crippen MR) is 72.2 cm³/mol. The van der Waals surface area contributed by atoms with Crippen LogP contribution < -0.4 is 5.32 Å². The number of hydrogen-bond acceptors (Lipinski definition) is 2. The van der Waals surface area contributed by atoms with Crippen molar-refractivity contribution in [1.29, 1.82) is 0 Å². The molecule has 1 fully saturated rings. The molecule has 0 bridgehead atoms. The van der Waals surface area contributed by atoms with E-state index in [0.29, 0.717) is 18.5 Å². The van der Waals surface area contributed by atoms with Gasteiger partial charge in [-0.25, -0.2) is 0 Å². The average molecular weight is 280 g/mol. The van der Waals surface area contributed by atoms with Gasteiger partial charge < -0.3 is 10.2 Å². The fraction of sp³-hybridized carbons (Fsp3) is 1.00. The summed E-state index contributed by atoms with van der Waals surface area (Å²) in [5, 5.41) is 3.37. The molecule has 0 aromatic heterocycles. The second kappa shape index (κ2) is 6.93. The molecule has 0 radical (unpaired) electrons. The number of nitrogens with one attached hydrogen (secondary N) is 1.